The standard InChI is InChI=1S/C12H15N5O/c13-11-10-12(15-4-14-11)17(5-16-10)9-1-6(3-18)7-2-8(7)9/h4-9,18H,1-3H2,(H2,13,14,15). The van der Waals surface area contributed by atoms with E-state index in [0.29, 0.717) is 41.7 Å². The lowest BCUT2D eigenvalue weighted by Crippen LogP contribution is -2.12. The van der Waals surface area contributed by atoms with Gasteiger partial charge in [0.2, 0.25) is 0 Å². The minimum Gasteiger partial charge on any atom is -0.396 e. The zero-order valence-electron chi connectivity index (χ0n) is 9.90. The van der Waals surface area contributed by atoms with E-state index < -0.39 is 0 Å². The fraction of sp³-hybridized carbons (Fsp3) is 0.583. The smallest absolute Gasteiger partial charge is 0.165 e. The summed E-state index contributed by atoms with van der Waals surface area (Å²) in [5.74, 6) is 2.24. The third-order valence-corrected chi connectivity index (χ3v) is 4.51. The van der Waals surface area contributed by atoms with Crippen LogP contribution >= 0.6 is 0 Å². The van der Waals surface area contributed by atoms with Crippen molar-refractivity contribution in [1.82, 2.24) is 19.5 Å². The second-order valence-corrected chi connectivity index (χ2v) is 5.39. The van der Waals surface area contributed by atoms with Gasteiger partial charge in [-0.2, -0.15) is 0 Å². The predicted octanol–water partition coefficient (Wildman–Crippen LogP) is 0.598. The number of fused-ring (bicyclic) bond motifs is 2. The molecule has 0 aliphatic heterocycles. The summed E-state index contributed by atoms with van der Waals surface area (Å²) in [6.45, 7) is 0.293. The molecule has 4 rings (SSSR count). The number of anilines is 1. The number of nitrogens with two attached hydrogens (primary N) is 1. The third kappa shape index (κ3) is 1.23. The summed E-state index contributed by atoms with van der Waals surface area (Å²) in [7, 11) is 0. The maximum absolute atomic E-state index is 9.37. The van der Waals surface area contributed by atoms with E-state index in [9.17, 15) is 5.11 Å². The van der Waals surface area contributed by atoms with Crippen LogP contribution in [0.5, 0.6) is 0 Å². The van der Waals surface area contributed by atoms with E-state index >= 15 is 0 Å². The highest BCUT2D eigenvalue weighted by molar-refractivity contribution is 5.81. The van der Waals surface area contributed by atoms with Crippen molar-refractivity contribution in [3.8, 4) is 0 Å². The van der Waals surface area contributed by atoms with Crippen LogP contribution in [0.3, 0.4) is 0 Å². The molecule has 6 heteroatoms. The molecule has 2 aromatic heterocycles. The second-order valence-electron chi connectivity index (χ2n) is 5.39. The molecule has 4 atom stereocenters. The number of hydrogen-bond donors (Lipinski definition) is 2. The van der Waals surface area contributed by atoms with Crippen LogP contribution in [0, 0.1) is 17.8 Å². The van der Waals surface area contributed by atoms with Gasteiger partial charge in [-0.25, -0.2) is 15.0 Å². The highest BCUT2D eigenvalue weighted by atomic mass is 16.3. The molecule has 2 aromatic rings. The summed E-state index contributed by atoms with van der Waals surface area (Å²) < 4.78 is 2.12. The Hall–Kier alpha value is -1.69. The van der Waals surface area contributed by atoms with Crippen LogP contribution in [-0.2, 0) is 0 Å². The average Bonchev–Trinajstić information content (AvgIpc) is 2.91. The van der Waals surface area contributed by atoms with E-state index in [-0.39, 0.29) is 0 Å². The fourth-order valence-corrected chi connectivity index (χ4v) is 3.52. The molecular weight excluding hydrogens is 230 g/mol. The number of nitrogen functional groups attached to an aromatic ring is 1. The first-order valence-electron chi connectivity index (χ1n) is 6.33. The Balaban J connectivity index is 1.78. The lowest BCUT2D eigenvalue weighted by Gasteiger charge is -2.16. The van der Waals surface area contributed by atoms with E-state index in [1.54, 1.807) is 0 Å². The molecule has 18 heavy (non-hydrogen) atoms. The van der Waals surface area contributed by atoms with Crippen LogP contribution in [0.4, 0.5) is 5.82 Å². The largest absolute Gasteiger partial charge is 0.396 e. The molecule has 0 spiro atoms. The molecule has 0 radical (unpaired) electrons. The Morgan fingerprint density at radius 3 is 2.94 bits per heavy atom. The summed E-state index contributed by atoms with van der Waals surface area (Å²) in [6, 6.07) is 0.409. The topological polar surface area (TPSA) is 89.9 Å². The van der Waals surface area contributed by atoms with Crippen LogP contribution in [0.15, 0.2) is 12.7 Å². The van der Waals surface area contributed by atoms with Gasteiger partial charge in [0.05, 0.1) is 6.33 Å². The van der Waals surface area contributed by atoms with Gasteiger partial charge >= 0.3 is 0 Å². The Morgan fingerprint density at radius 1 is 1.28 bits per heavy atom. The van der Waals surface area contributed by atoms with Crippen LogP contribution in [-0.4, -0.2) is 31.2 Å². The molecule has 94 valence electrons. The summed E-state index contributed by atoms with van der Waals surface area (Å²) >= 11 is 0. The zero-order chi connectivity index (χ0) is 12.3. The zero-order valence-corrected chi connectivity index (χ0v) is 9.90. The fourth-order valence-electron chi connectivity index (χ4n) is 3.52. The summed E-state index contributed by atoms with van der Waals surface area (Å²) in [5, 5.41) is 9.37. The minimum absolute atomic E-state index is 0.293. The number of rotatable bonds is 2. The van der Waals surface area contributed by atoms with Gasteiger partial charge in [-0.15, -0.1) is 0 Å². The molecule has 2 fully saturated rings. The van der Waals surface area contributed by atoms with Crippen LogP contribution in [0.25, 0.3) is 11.2 Å². The maximum atomic E-state index is 9.37. The van der Waals surface area contributed by atoms with Crippen LogP contribution in [0.2, 0.25) is 0 Å². The maximum Gasteiger partial charge on any atom is 0.165 e. The number of aromatic nitrogens is 4. The van der Waals surface area contributed by atoms with Gasteiger partial charge in [0.25, 0.3) is 0 Å². The number of hydrogen-bond acceptors (Lipinski definition) is 5. The van der Waals surface area contributed by atoms with E-state index in [1.807, 2.05) is 6.33 Å². The molecule has 2 aliphatic carbocycles. The first-order valence-corrected chi connectivity index (χ1v) is 6.33. The molecule has 4 unspecified atom stereocenters. The van der Waals surface area contributed by atoms with Crippen LogP contribution < -0.4 is 5.73 Å². The first kappa shape index (κ1) is 10.3. The molecular formula is C12H15N5O. The Morgan fingerprint density at radius 2 is 2.17 bits per heavy atom. The third-order valence-electron chi connectivity index (χ3n) is 4.51. The molecule has 0 amide bonds. The van der Waals surface area contributed by atoms with Crippen molar-refractivity contribution in [2.24, 2.45) is 17.8 Å². The molecule has 6 nitrogen and oxygen atoms in total. The molecule has 2 aliphatic rings. The predicted molar refractivity (Wildman–Crippen MR) is 65.6 cm³/mol. The molecule has 0 aromatic carbocycles. The van der Waals surface area contributed by atoms with Gasteiger partial charge in [0.1, 0.15) is 11.8 Å². The van der Waals surface area contributed by atoms with Crippen molar-refractivity contribution in [3.63, 3.8) is 0 Å². The highest BCUT2D eigenvalue weighted by Crippen LogP contribution is 2.60. The van der Waals surface area contributed by atoms with Gasteiger partial charge in [-0.1, -0.05) is 0 Å². The molecule has 2 saturated carbocycles. The molecule has 2 heterocycles. The summed E-state index contributed by atoms with van der Waals surface area (Å²) in [6.07, 6.45) is 5.53. The van der Waals surface area contributed by atoms with E-state index in [0.717, 1.165) is 12.1 Å². The van der Waals surface area contributed by atoms with Crippen LogP contribution in [0.1, 0.15) is 18.9 Å². The number of aliphatic hydroxyl groups excluding tert-OH is 1. The van der Waals surface area contributed by atoms with Crippen molar-refractivity contribution in [2.75, 3.05) is 12.3 Å². The minimum atomic E-state index is 0.293. The SMILES string of the molecule is Nc1ncnc2c1ncn2C1CC(CO)C2CC21. The van der Waals surface area contributed by atoms with Gasteiger partial charge < -0.3 is 15.4 Å². The number of imidazole rings is 1. The van der Waals surface area contributed by atoms with Gasteiger partial charge in [-0.3, -0.25) is 0 Å². The summed E-state index contributed by atoms with van der Waals surface area (Å²) in [4.78, 5) is 12.6. The Kier molecular flexibility index (Phi) is 1.94. The monoisotopic (exact) mass is 245 g/mol. The highest BCUT2D eigenvalue weighted by Gasteiger charge is 2.54. The second kappa shape index (κ2) is 3.41. The van der Waals surface area contributed by atoms with Crippen molar-refractivity contribution < 1.29 is 5.11 Å². The van der Waals surface area contributed by atoms with Crippen molar-refractivity contribution >= 4 is 17.0 Å². The molecule has 0 bridgehead atoms. The van der Waals surface area contributed by atoms with Crippen molar-refractivity contribution in [2.45, 2.75) is 18.9 Å². The number of aliphatic hydroxyl groups is 1. The molecule has 0 saturated heterocycles. The van der Waals surface area contributed by atoms with E-state index in [4.69, 9.17) is 5.73 Å². The van der Waals surface area contributed by atoms with Gasteiger partial charge in [0.15, 0.2) is 11.5 Å². The van der Waals surface area contributed by atoms with Gasteiger partial charge in [0, 0.05) is 12.6 Å². The Labute approximate surface area is 104 Å². The average molecular weight is 245 g/mol. The number of nitrogens with zero attached hydrogens (tertiary/aromatic N) is 4. The quantitative estimate of drug-likeness (QED) is 0.808. The lowest BCUT2D eigenvalue weighted by molar-refractivity contribution is 0.208. The normalized spacial score (nSPS) is 33.8. The van der Waals surface area contributed by atoms with Crippen molar-refractivity contribution in [1.29, 1.82) is 0 Å². The van der Waals surface area contributed by atoms with E-state index in [1.165, 1.54) is 12.7 Å². The van der Waals surface area contributed by atoms with E-state index in [2.05, 4.69) is 19.5 Å². The van der Waals surface area contributed by atoms with Crippen molar-refractivity contribution in [3.05, 3.63) is 12.7 Å². The summed E-state index contributed by atoms with van der Waals surface area (Å²) in [5.41, 5.74) is 7.30. The molecule has 3 N–H and O–H groups in total. The van der Waals surface area contributed by atoms with Gasteiger partial charge in [-0.05, 0) is 30.6 Å². The first-order chi connectivity index (χ1) is 8.79. The Bertz CT molecular complexity index is 610. The lowest BCUT2D eigenvalue weighted by atomic mass is 10.0.